The Labute approximate surface area is 108 Å². The number of nitrogens with zero attached hydrogens (tertiary/aromatic N) is 2. The molecule has 1 aromatic carbocycles. The van der Waals surface area contributed by atoms with Gasteiger partial charge in [-0.05, 0) is 13.1 Å². The Morgan fingerprint density at radius 2 is 2.00 bits per heavy atom. The third kappa shape index (κ3) is 3.63. The number of para-hydroxylation sites is 1. The highest BCUT2D eigenvalue weighted by Gasteiger charge is 2.12. The van der Waals surface area contributed by atoms with Gasteiger partial charge in [-0.3, -0.25) is 9.69 Å². The number of amides is 1. The number of phenols is 1. The van der Waals surface area contributed by atoms with Crippen molar-refractivity contribution in [2.75, 3.05) is 34.8 Å². The molecule has 0 aromatic heterocycles. The van der Waals surface area contributed by atoms with Crippen molar-refractivity contribution in [1.29, 1.82) is 0 Å². The first-order valence-electron chi connectivity index (χ1n) is 5.69. The van der Waals surface area contributed by atoms with Gasteiger partial charge in [0.15, 0.2) is 11.5 Å². The van der Waals surface area contributed by atoms with E-state index in [9.17, 15) is 9.90 Å². The van der Waals surface area contributed by atoms with Crippen molar-refractivity contribution in [1.82, 2.24) is 9.80 Å². The molecule has 0 fully saturated rings. The molecule has 1 rings (SSSR count). The Morgan fingerprint density at radius 1 is 1.33 bits per heavy atom. The number of phenolic OH excluding ortho intramolecular Hbond substituents is 1. The second kappa shape index (κ2) is 6.26. The number of methoxy groups -OCH3 is 1. The molecule has 0 unspecified atom stereocenters. The van der Waals surface area contributed by atoms with Crippen LogP contribution in [0.4, 0.5) is 0 Å². The lowest BCUT2D eigenvalue weighted by Gasteiger charge is -2.19. The van der Waals surface area contributed by atoms with Gasteiger partial charge in [-0.25, -0.2) is 0 Å². The molecular formula is C13H20N2O3. The molecule has 0 saturated heterocycles. The van der Waals surface area contributed by atoms with E-state index in [0.29, 0.717) is 18.8 Å². The van der Waals surface area contributed by atoms with E-state index in [2.05, 4.69) is 0 Å². The van der Waals surface area contributed by atoms with Crippen LogP contribution in [0.5, 0.6) is 11.5 Å². The van der Waals surface area contributed by atoms with E-state index in [1.165, 1.54) is 7.11 Å². The van der Waals surface area contributed by atoms with Gasteiger partial charge < -0.3 is 14.7 Å². The number of benzene rings is 1. The van der Waals surface area contributed by atoms with Crippen LogP contribution in [0.2, 0.25) is 0 Å². The number of carbonyl (C=O) groups excluding carboxylic acids is 1. The van der Waals surface area contributed by atoms with Crippen molar-refractivity contribution >= 4 is 5.91 Å². The number of hydrogen-bond acceptors (Lipinski definition) is 4. The lowest BCUT2D eigenvalue weighted by molar-refractivity contribution is -0.129. The fraction of sp³-hybridized carbons (Fsp3) is 0.462. The quantitative estimate of drug-likeness (QED) is 0.846. The monoisotopic (exact) mass is 252 g/mol. The zero-order chi connectivity index (χ0) is 13.7. The number of rotatable bonds is 5. The minimum Gasteiger partial charge on any atom is -0.504 e. The van der Waals surface area contributed by atoms with Gasteiger partial charge in [0.2, 0.25) is 5.91 Å². The summed E-state index contributed by atoms with van der Waals surface area (Å²) in [5.41, 5.74) is 0.739. The largest absolute Gasteiger partial charge is 0.504 e. The normalized spacial score (nSPS) is 10.5. The number of ether oxygens (including phenoxy) is 1. The molecule has 18 heavy (non-hydrogen) atoms. The van der Waals surface area contributed by atoms with Gasteiger partial charge in [-0.2, -0.15) is 0 Å². The van der Waals surface area contributed by atoms with Gasteiger partial charge in [-0.15, -0.1) is 0 Å². The van der Waals surface area contributed by atoms with E-state index in [0.717, 1.165) is 5.56 Å². The Balaban J connectivity index is 2.70. The maximum atomic E-state index is 11.5. The zero-order valence-electron chi connectivity index (χ0n) is 11.3. The van der Waals surface area contributed by atoms with Crippen LogP contribution in [-0.2, 0) is 11.3 Å². The molecule has 0 heterocycles. The Kier molecular flexibility index (Phi) is 4.97. The maximum absolute atomic E-state index is 11.5. The van der Waals surface area contributed by atoms with Gasteiger partial charge in [0.05, 0.1) is 13.7 Å². The van der Waals surface area contributed by atoms with Crippen molar-refractivity contribution < 1.29 is 14.6 Å². The summed E-state index contributed by atoms with van der Waals surface area (Å²) in [5, 5.41) is 9.93. The van der Waals surface area contributed by atoms with Gasteiger partial charge in [0.25, 0.3) is 0 Å². The van der Waals surface area contributed by atoms with Crippen molar-refractivity contribution in [3.8, 4) is 11.5 Å². The zero-order valence-corrected chi connectivity index (χ0v) is 11.3. The molecule has 1 amide bonds. The average molecular weight is 252 g/mol. The Bertz CT molecular complexity index is 419. The van der Waals surface area contributed by atoms with Crippen LogP contribution in [0, 0.1) is 0 Å². The SMILES string of the molecule is COc1cccc(CN(C)CC(=O)N(C)C)c1O. The third-order valence-corrected chi connectivity index (χ3v) is 2.65. The number of carbonyl (C=O) groups is 1. The highest BCUT2D eigenvalue weighted by atomic mass is 16.5. The van der Waals surface area contributed by atoms with Crippen molar-refractivity contribution in [3.05, 3.63) is 23.8 Å². The predicted octanol–water partition coefficient (Wildman–Crippen LogP) is 0.921. The van der Waals surface area contributed by atoms with Gasteiger partial charge in [-0.1, -0.05) is 12.1 Å². The van der Waals surface area contributed by atoms with E-state index < -0.39 is 0 Å². The molecule has 5 heteroatoms. The third-order valence-electron chi connectivity index (χ3n) is 2.65. The molecule has 0 spiro atoms. The van der Waals surface area contributed by atoms with Gasteiger partial charge in [0, 0.05) is 26.2 Å². The lowest BCUT2D eigenvalue weighted by atomic mass is 10.1. The van der Waals surface area contributed by atoms with Crippen LogP contribution in [0.25, 0.3) is 0 Å². The molecule has 0 atom stereocenters. The molecule has 0 radical (unpaired) electrons. The second-order valence-corrected chi connectivity index (χ2v) is 4.43. The Hall–Kier alpha value is -1.75. The fourth-order valence-corrected chi connectivity index (χ4v) is 1.58. The molecular weight excluding hydrogens is 232 g/mol. The number of likely N-dealkylation sites (N-methyl/N-ethyl adjacent to an activating group) is 2. The van der Waals surface area contributed by atoms with Gasteiger partial charge in [0.1, 0.15) is 0 Å². The molecule has 0 saturated carbocycles. The first-order valence-corrected chi connectivity index (χ1v) is 5.69. The van der Waals surface area contributed by atoms with Gasteiger partial charge >= 0.3 is 0 Å². The first-order chi connectivity index (χ1) is 8.45. The molecule has 5 nitrogen and oxygen atoms in total. The van der Waals surface area contributed by atoms with Crippen LogP contribution >= 0.6 is 0 Å². The minimum absolute atomic E-state index is 0.0277. The lowest BCUT2D eigenvalue weighted by Crippen LogP contribution is -2.34. The summed E-state index contributed by atoms with van der Waals surface area (Å²) in [4.78, 5) is 14.9. The van der Waals surface area contributed by atoms with Crippen LogP contribution in [-0.4, -0.2) is 55.6 Å². The van der Waals surface area contributed by atoms with Crippen LogP contribution in [0.3, 0.4) is 0 Å². The molecule has 1 aromatic rings. The molecule has 1 N–H and O–H groups in total. The second-order valence-electron chi connectivity index (χ2n) is 4.43. The summed E-state index contributed by atoms with van der Waals surface area (Å²) < 4.78 is 5.04. The van der Waals surface area contributed by atoms with Crippen molar-refractivity contribution in [3.63, 3.8) is 0 Å². The van der Waals surface area contributed by atoms with E-state index >= 15 is 0 Å². The maximum Gasteiger partial charge on any atom is 0.236 e. The number of aromatic hydroxyl groups is 1. The first kappa shape index (κ1) is 14.3. The predicted molar refractivity (Wildman–Crippen MR) is 69.7 cm³/mol. The highest BCUT2D eigenvalue weighted by molar-refractivity contribution is 5.77. The summed E-state index contributed by atoms with van der Waals surface area (Å²) in [6.07, 6.45) is 0. The summed E-state index contributed by atoms with van der Waals surface area (Å²) in [6.45, 7) is 0.798. The summed E-state index contributed by atoms with van der Waals surface area (Å²) >= 11 is 0. The summed E-state index contributed by atoms with van der Waals surface area (Å²) in [5.74, 6) is 0.601. The summed E-state index contributed by atoms with van der Waals surface area (Å²) in [7, 11) is 6.79. The topological polar surface area (TPSA) is 53.0 Å². The highest BCUT2D eigenvalue weighted by Crippen LogP contribution is 2.29. The van der Waals surface area contributed by atoms with E-state index in [4.69, 9.17) is 4.74 Å². The fourth-order valence-electron chi connectivity index (χ4n) is 1.58. The standard InChI is InChI=1S/C13H20N2O3/c1-14(2)12(16)9-15(3)8-10-6-5-7-11(18-4)13(10)17/h5-7,17H,8-9H2,1-4H3. The molecule has 0 aliphatic heterocycles. The Morgan fingerprint density at radius 3 is 2.56 bits per heavy atom. The van der Waals surface area contributed by atoms with Crippen molar-refractivity contribution in [2.24, 2.45) is 0 Å². The van der Waals surface area contributed by atoms with Crippen LogP contribution in [0.1, 0.15) is 5.56 Å². The van der Waals surface area contributed by atoms with E-state index in [1.54, 1.807) is 25.1 Å². The molecule has 0 aliphatic carbocycles. The summed E-state index contributed by atoms with van der Waals surface area (Å²) in [6, 6.07) is 5.33. The van der Waals surface area contributed by atoms with E-state index in [-0.39, 0.29) is 11.7 Å². The number of hydrogen-bond donors (Lipinski definition) is 1. The minimum atomic E-state index is 0.0277. The molecule has 100 valence electrons. The van der Waals surface area contributed by atoms with Crippen LogP contribution in [0.15, 0.2) is 18.2 Å². The van der Waals surface area contributed by atoms with Crippen LogP contribution < -0.4 is 4.74 Å². The molecule has 0 bridgehead atoms. The average Bonchev–Trinajstić information content (AvgIpc) is 2.31. The van der Waals surface area contributed by atoms with Crippen molar-refractivity contribution in [2.45, 2.75) is 6.54 Å². The molecule has 0 aliphatic rings. The smallest absolute Gasteiger partial charge is 0.236 e. The van der Waals surface area contributed by atoms with E-state index in [1.807, 2.05) is 24.1 Å².